The third-order valence-electron chi connectivity index (χ3n) is 2.44. The first-order chi connectivity index (χ1) is 9.47. The topological polar surface area (TPSA) is 42.2 Å². The molecule has 2 rings (SSSR count). The molecule has 0 radical (unpaired) electrons. The fraction of sp³-hybridized carbons (Fsp3) is 0.0714. The Labute approximate surface area is 112 Å². The second-order valence-electron chi connectivity index (χ2n) is 3.90. The zero-order chi connectivity index (χ0) is 14.6. The summed E-state index contributed by atoms with van der Waals surface area (Å²) < 4.78 is 42.4. The van der Waals surface area contributed by atoms with E-state index in [0.717, 1.165) is 12.1 Å². The molecule has 0 aliphatic heterocycles. The Hall–Kier alpha value is -2.50. The molecule has 104 valence electrons. The number of hydrogen-bond acceptors (Lipinski definition) is 3. The summed E-state index contributed by atoms with van der Waals surface area (Å²) in [6.07, 6.45) is -0.591. The van der Waals surface area contributed by atoms with E-state index in [1.54, 1.807) is 6.07 Å². The standard InChI is InChI=1S/C14H10F3NO2/c15-14(16,17)10-3-1-4-11(9-10)18-7-6-12(19)13-5-2-8-20-13/h1-9,18H/b7-6-. The van der Waals surface area contributed by atoms with Gasteiger partial charge < -0.3 is 9.73 Å². The molecule has 1 N–H and O–H groups in total. The maximum atomic E-state index is 12.5. The van der Waals surface area contributed by atoms with E-state index in [9.17, 15) is 18.0 Å². The molecule has 0 saturated heterocycles. The van der Waals surface area contributed by atoms with Crippen molar-refractivity contribution in [2.75, 3.05) is 5.32 Å². The average molecular weight is 281 g/mol. The first-order valence-corrected chi connectivity index (χ1v) is 5.65. The number of carbonyl (C=O) groups excluding carboxylic acids is 1. The molecule has 0 amide bonds. The van der Waals surface area contributed by atoms with Crippen LogP contribution in [0, 0.1) is 0 Å². The summed E-state index contributed by atoms with van der Waals surface area (Å²) in [6.45, 7) is 0. The highest BCUT2D eigenvalue weighted by Crippen LogP contribution is 2.30. The van der Waals surface area contributed by atoms with Gasteiger partial charge in [-0.05, 0) is 30.3 Å². The molecule has 3 nitrogen and oxygen atoms in total. The second kappa shape index (κ2) is 5.64. The van der Waals surface area contributed by atoms with E-state index in [4.69, 9.17) is 4.42 Å². The summed E-state index contributed by atoms with van der Waals surface area (Å²) in [4.78, 5) is 11.5. The Morgan fingerprint density at radius 1 is 1.20 bits per heavy atom. The molecule has 0 spiro atoms. The van der Waals surface area contributed by atoms with Crippen LogP contribution in [-0.4, -0.2) is 5.78 Å². The van der Waals surface area contributed by atoms with E-state index in [1.165, 1.54) is 36.7 Å². The number of carbonyl (C=O) groups is 1. The molecule has 1 heterocycles. The predicted octanol–water partition coefficient (Wildman–Crippen LogP) is 4.11. The van der Waals surface area contributed by atoms with Crippen LogP contribution >= 0.6 is 0 Å². The molecule has 0 unspecified atom stereocenters. The molecule has 0 aliphatic rings. The highest BCUT2D eigenvalue weighted by molar-refractivity contribution is 6.02. The molecule has 1 aromatic carbocycles. The van der Waals surface area contributed by atoms with Gasteiger partial charge in [-0.2, -0.15) is 13.2 Å². The number of allylic oxidation sites excluding steroid dienone is 1. The number of benzene rings is 1. The van der Waals surface area contributed by atoms with Crippen LogP contribution in [0.25, 0.3) is 0 Å². The summed E-state index contributed by atoms with van der Waals surface area (Å²) in [5.41, 5.74) is -0.517. The smallest absolute Gasteiger partial charge is 0.416 e. The largest absolute Gasteiger partial charge is 0.461 e. The minimum absolute atomic E-state index is 0.159. The Bertz CT molecular complexity index is 616. The van der Waals surface area contributed by atoms with Crippen LogP contribution in [0.5, 0.6) is 0 Å². The Kier molecular flexibility index (Phi) is 3.93. The van der Waals surface area contributed by atoms with Crippen LogP contribution in [-0.2, 0) is 6.18 Å². The Morgan fingerprint density at radius 3 is 2.65 bits per heavy atom. The minimum atomic E-state index is -4.40. The van der Waals surface area contributed by atoms with Crippen molar-refractivity contribution in [1.82, 2.24) is 0 Å². The first kappa shape index (κ1) is 13.9. The van der Waals surface area contributed by atoms with E-state index in [1.807, 2.05) is 0 Å². The predicted molar refractivity (Wildman–Crippen MR) is 67.2 cm³/mol. The van der Waals surface area contributed by atoms with Crippen LogP contribution in [0.3, 0.4) is 0 Å². The average Bonchev–Trinajstić information content (AvgIpc) is 2.92. The molecule has 6 heteroatoms. The highest BCUT2D eigenvalue weighted by atomic mass is 19.4. The number of halogens is 3. The number of furan rings is 1. The van der Waals surface area contributed by atoms with Crippen molar-refractivity contribution in [3.63, 3.8) is 0 Å². The Morgan fingerprint density at radius 2 is 2.00 bits per heavy atom. The van der Waals surface area contributed by atoms with Crippen LogP contribution in [0.1, 0.15) is 16.1 Å². The SMILES string of the molecule is O=C(/C=C\Nc1cccc(C(F)(F)F)c1)c1ccco1. The van der Waals surface area contributed by atoms with E-state index in [2.05, 4.69) is 5.32 Å². The monoisotopic (exact) mass is 281 g/mol. The maximum Gasteiger partial charge on any atom is 0.416 e. The quantitative estimate of drug-likeness (QED) is 0.677. The number of ketones is 1. The van der Waals surface area contributed by atoms with Gasteiger partial charge in [0, 0.05) is 18.0 Å². The number of nitrogens with one attached hydrogen (secondary N) is 1. The third kappa shape index (κ3) is 3.50. The van der Waals surface area contributed by atoms with Crippen LogP contribution in [0.4, 0.5) is 18.9 Å². The normalized spacial score (nSPS) is 11.8. The van der Waals surface area contributed by atoms with Gasteiger partial charge in [0.1, 0.15) is 0 Å². The molecular weight excluding hydrogens is 271 g/mol. The summed E-state index contributed by atoms with van der Waals surface area (Å²) in [6, 6.07) is 7.76. The van der Waals surface area contributed by atoms with Crippen molar-refractivity contribution in [1.29, 1.82) is 0 Å². The van der Waals surface area contributed by atoms with Gasteiger partial charge in [-0.15, -0.1) is 0 Å². The van der Waals surface area contributed by atoms with E-state index in [-0.39, 0.29) is 17.2 Å². The summed E-state index contributed by atoms with van der Waals surface area (Å²) >= 11 is 0. The molecule has 0 saturated carbocycles. The molecule has 0 fully saturated rings. The zero-order valence-corrected chi connectivity index (χ0v) is 10.1. The lowest BCUT2D eigenvalue weighted by Crippen LogP contribution is -2.05. The summed E-state index contributed by atoms with van der Waals surface area (Å²) in [7, 11) is 0. The molecule has 0 bridgehead atoms. The molecule has 20 heavy (non-hydrogen) atoms. The zero-order valence-electron chi connectivity index (χ0n) is 10.1. The van der Waals surface area contributed by atoms with Gasteiger partial charge in [0.05, 0.1) is 11.8 Å². The van der Waals surface area contributed by atoms with Gasteiger partial charge in [-0.3, -0.25) is 4.79 Å². The summed E-state index contributed by atoms with van der Waals surface area (Å²) in [5, 5.41) is 2.61. The minimum Gasteiger partial charge on any atom is -0.461 e. The number of anilines is 1. The first-order valence-electron chi connectivity index (χ1n) is 5.65. The van der Waals surface area contributed by atoms with Crippen LogP contribution < -0.4 is 5.32 Å². The van der Waals surface area contributed by atoms with Crippen molar-refractivity contribution in [2.24, 2.45) is 0 Å². The van der Waals surface area contributed by atoms with E-state index in [0.29, 0.717) is 0 Å². The van der Waals surface area contributed by atoms with Crippen molar-refractivity contribution >= 4 is 11.5 Å². The molecule has 0 aliphatic carbocycles. The second-order valence-corrected chi connectivity index (χ2v) is 3.90. The number of alkyl halides is 3. The van der Waals surface area contributed by atoms with Crippen LogP contribution in [0.15, 0.2) is 59.4 Å². The maximum absolute atomic E-state index is 12.5. The van der Waals surface area contributed by atoms with E-state index >= 15 is 0 Å². The fourth-order valence-corrected chi connectivity index (χ4v) is 1.50. The van der Waals surface area contributed by atoms with Crippen molar-refractivity contribution in [3.8, 4) is 0 Å². The van der Waals surface area contributed by atoms with Crippen molar-refractivity contribution in [3.05, 3.63) is 66.3 Å². The lowest BCUT2D eigenvalue weighted by molar-refractivity contribution is -0.137. The molecular formula is C14H10F3NO2. The molecule has 2 aromatic rings. The summed E-state index contributed by atoms with van der Waals surface area (Å²) in [5.74, 6) is -0.221. The van der Waals surface area contributed by atoms with Crippen molar-refractivity contribution in [2.45, 2.75) is 6.18 Å². The highest BCUT2D eigenvalue weighted by Gasteiger charge is 2.30. The van der Waals surface area contributed by atoms with Gasteiger partial charge in [-0.1, -0.05) is 6.07 Å². The van der Waals surface area contributed by atoms with Gasteiger partial charge >= 0.3 is 6.18 Å². The van der Waals surface area contributed by atoms with Gasteiger partial charge in [-0.25, -0.2) is 0 Å². The molecule has 1 aromatic heterocycles. The van der Waals surface area contributed by atoms with Crippen LogP contribution in [0.2, 0.25) is 0 Å². The van der Waals surface area contributed by atoms with Gasteiger partial charge in [0.2, 0.25) is 5.78 Å². The lowest BCUT2D eigenvalue weighted by Gasteiger charge is -2.08. The van der Waals surface area contributed by atoms with Crippen molar-refractivity contribution < 1.29 is 22.4 Å². The third-order valence-corrected chi connectivity index (χ3v) is 2.44. The number of hydrogen-bond donors (Lipinski definition) is 1. The van der Waals surface area contributed by atoms with E-state index < -0.39 is 11.7 Å². The van der Waals surface area contributed by atoms with Gasteiger partial charge in [0.15, 0.2) is 5.76 Å². The Balaban J connectivity index is 2.02. The fourth-order valence-electron chi connectivity index (χ4n) is 1.50. The van der Waals surface area contributed by atoms with Gasteiger partial charge in [0.25, 0.3) is 0 Å². The molecule has 0 atom stereocenters. The number of rotatable bonds is 4. The lowest BCUT2D eigenvalue weighted by atomic mass is 10.2.